The van der Waals surface area contributed by atoms with Gasteiger partial charge in [-0.1, -0.05) is 121 Å². The van der Waals surface area contributed by atoms with Crippen LogP contribution in [0.25, 0.3) is 90.9 Å². The largest absolute Gasteiger partial charge is 0.392 e. The maximum Gasteiger partial charge on any atom is 0.0737 e. The van der Waals surface area contributed by atoms with E-state index in [1.165, 1.54) is 0 Å². The van der Waals surface area contributed by atoms with Gasteiger partial charge in [0.05, 0.1) is 34.9 Å². The van der Waals surface area contributed by atoms with Crippen LogP contribution in [0.3, 0.4) is 0 Å². The van der Waals surface area contributed by atoms with E-state index in [0.29, 0.717) is 5.69 Å². The second-order valence-corrected chi connectivity index (χ2v) is 12.4. The van der Waals surface area contributed by atoms with E-state index >= 15 is 0 Å². The molecule has 5 nitrogen and oxygen atoms in total. The summed E-state index contributed by atoms with van der Waals surface area (Å²) in [4.78, 5) is 18.1. The lowest BCUT2D eigenvalue weighted by molar-refractivity contribution is 0.282. The number of aromatic amines is 2. The van der Waals surface area contributed by atoms with Crippen molar-refractivity contribution in [3.63, 3.8) is 0 Å². The van der Waals surface area contributed by atoms with E-state index in [1.54, 1.807) is 0 Å². The number of nitrogens with one attached hydrogen (secondary N) is 2. The van der Waals surface area contributed by atoms with Crippen molar-refractivity contribution in [2.75, 3.05) is 0 Å². The molecule has 0 saturated heterocycles. The Labute approximate surface area is 289 Å². The van der Waals surface area contributed by atoms with Crippen molar-refractivity contribution in [1.82, 2.24) is 19.9 Å². The molecule has 0 radical (unpaired) electrons. The molecule has 0 aliphatic carbocycles. The summed E-state index contributed by atoms with van der Waals surface area (Å²) in [6.45, 7) is -0.188. The number of hydrogen-bond donors (Lipinski definition) is 3. The Morgan fingerprint density at radius 1 is 0.420 bits per heavy atom. The molecule has 3 N–H and O–H groups in total. The van der Waals surface area contributed by atoms with Gasteiger partial charge in [0.15, 0.2) is 0 Å². The van der Waals surface area contributed by atoms with Crippen LogP contribution in [0.1, 0.15) is 28.3 Å². The highest BCUT2D eigenvalue weighted by Crippen LogP contribution is 2.39. The van der Waals surface area contributed by atoms with Crippen molar-refractivity contribution < 1.29 is 5.11 Å². The molecule has 0 unspecified atom stereocenters. The molecule has 9 rings (SSSR count). The third kappa shape index (κ3) is 5.17. The molecule has 0 fully saturated rings. The Balaban J connectivity index is 1.51. The standard InChI is InChI=1S/C45H32N4O/c50-28-34-35-21-22-36(46-35)42(30-15-7-2-8-16-30)37-23-24-38(47-37)43(31-17-9-3-10-18-31)39-25-26-40(48-39)44(32-19-11-4-12-20-32)45-33(27-41(34)49-45)29-13-5-1-6-14-29/h1-27,47,49-50H,28H2. The third-order valence-corrected chi connectivity index (χ3v) is 9.41. The molecule has 50 heavy (non-hydrogen) atoms. The minimum atomic E-state index is -0.188. The number of fused-ring (bicyclic) bond motifs is 8. The number of hydrogen-bond acceptors (Lipinski definition) is 3. The fraction of sp³-hybridized carbons (Fsp3) is 0.0222. The van der Waals surface area contributed by atoms with Gasteiger partial charge in [-0.05, 0) is 64.8 Å². The van der Waals surface area contributed by atoms with Crippen LogP contribution < -0.4 is 0 Å². The van der Waals surface area contributed by atoms with Gasteiger partial charge in [0.1, 0.15) is 0 Å². The smallest absolute Gasteiger partial charge is 0.0737 e. The summed E-state index contributed by atoms with van der Waals surface area (Å²) >= 11 is 0. The van der Waals surface area contributed by atoms with Gasteiger partial charge < -0.3 is 15.1 Å². The minimum Gasteiger partial charge on any atom is -0.392 e. The Morgan fingerprint density at radius 2 is 0.840 bits per heavy atom. The Hall–Kier alpha value is -6.56. The molecule has 5 heteroatoms. The van der Waals surface area contributed by atoms with Gasteiger partial charge in [0.2, 0.25) is 0 Å². The molecule has 0 amide bonds. The summed E-state index contributed by atoms with van der Waals surface area (Å²) in [6, 6.07) is 47.9. The number of nitrogens with zero attached hydrogens (tertiary/aromatic N) is 2. The van der Waals surface area contributed by atoms with Crippen LogP contribution in [0.15, 0.2) is 140 Å². The van der Waals surface area contributed by atoms with E-state index in [9.17, 15) is 5.11 Å². The fourth-order valence-electron chi connectivity index (χ4n) is 7.08. The van der Waals surface area contributed by atoms with Crippen molar-refractivity contribution >= 4 is 46.4 Å². The zero-order valence-corrected chi connectivity index (χ0v) is 27.1. The highest BCUT2D eigenvalue weighted by molar-refractivity contribution is 6.02. The summed E-state index contributed by atoms with van der Waals surface area (Å²) < 4.78 is 0. The quantitative estimate of drug-likeness (QED) is 0.174. The van der Waals surface area contributed by atoms with Gasteiger partial charge in [-0.2, -0.15) is 0 Å². The van der Waals surface area contributed by atoms with E-state index in [-0.39, 0.29) is 6.61 Å². The number of H-pyrrole nitrogens is 2. The fourth-order valence-corrected chi connectivity index (χ4v) is 7.08. The summed E-state index contributed by atoms with van der Waals surface area (Å²) in [5.74, 6) is 0. The minimum absolute atomic E-state index is 0.188. The predicted molar refractivity (Wildman–Crippen MR) is 207 cm³/mol. The van der Waals surface area contributed by atoms with Crippen LogP contribution in [0.4, 0.5) is 0 Å². The van der Waals surface area contributed by atoms with Gasteiger partial charge in [0.25, 0.3) is 0 Å². The topological polar surface area (TPSA) is 77.6 Å². The average molecular weight is 645 g/mol. The Kier molecular flexibility index (Phi) is 7.38. The monoisotopic (exact) mass is 644 g/mol. The van der Waals surface area contributed by atoms with Crippen molar-refractivity contribution in [1.29, 1.82) is 0 Å². The highest BCUT2D eigenvalue weighted by Gasteiger charge is 2.20. The van der Waals surface area contributed by atoms with Crippen LogP contribution >= 0.6 is 0 Å². The number of aliphatic hydroxyl groups is 1. The number of aromatic nitrogens is 4. The third-order valence-electron chi connectivity index (χ3n) is 9.41. The molecule has 0 atom stereocenters. The second-order valence-electron chi connectivity index (χ2n) is 12.4. The first kappa shape index (κ1) is 29.6. The van der Waals surface area contributed by atoms with Crippen molar-refractivity contribution in [2.24, 2.45) is 0 Å². The van der Waals surface area contributed by atoms with E-state index in [4.69, 9.17) is 9.97 Å². The van der Waals surface area contributed by atoms with Gasteiger partial charge >= 0.3 is 0 Å². The normalized spacial score (nSPS) is 12.0. The van der Waals surface area contributed by atoms with Gasteiger partial charge in [-0.3, -0.25) is 0 Å². The van der Waals surface area contributed by atoms with Crippen LogP contribution in [0.2, 0.25) is 0 Å². The van der Waals surface area contributed by atoms with Crippen LogP contribution in [0.5, 0.6) is 0 Å². The maximum atomic E-state index is 10.9. The van der Waals surface area contributed by atoms with Crippen LogP contribution in [-0.4, -0.2) is 25.0 Å². The average Bonchev–Trinajstić information content (AvgIpc) is 4.01. The predicted octanol–water partition coefficient (Wildman–Crippen LogP) is 10.8. The Bertz CT molecular complexity index is 2600. The zero-order chi connectivity index (χ0) is 33.4. The van der Waals surface area contributed by atoms with E-state index < -0.39 is 0 Å². The first-order chi connectivity index (χ1) is 24.7. The van der Waals surface area contributed by atoms with E-state index in [0.717, 1.165) is 89.2 Å². The lowest BCUT2D eigenvalue weighted by Gasteiger charge is -2.07. The molecule has 8 bridgehead atoms. The molecular formula is C45H32N4O. The van der Waals surface area contributed by atoms with Gasteiger partial charge in [0, 0.05) is 44.4 Å². The first-order valence-corrected chi connectivity index (χ1v) is 16.8. The van der Waals surface area contributed by atoms with Gasteiger partial charge in [-0.15, -0.1) is 0 Å². The molecule has 7 aromatic rings. The van der Waals surface area contributed by atoms with Crippen molar-refractivity contribution in [3.8, 4) is 44.5 Å². The summed E-state index contributed by atoms with van der Waals surface area (Å²) in [5.41, 5.74) is 15.8. The summed E-state index contributed by atoms with van der Waals surface area (Å²) in [5, 5.41) is 10.9. The number of benzene rings is 4. The van der Waals surface area contributed by atoms with Crippen molar-refractivity contribution in [3.05, 3.63) is 168 Å². The number of rotatable bonds is 5. The van der Waals surface area contributed by atoms with Crippen LogP contribution in [0, 0.1) is 0 Å². The van der Waals surface area contributed by atoms with E-state index in [2.05, 4.69) is 125 Å². The Morgan fingerprint density at radius 3 is 1.34 bits per heavy atom. The van der Waals surface area contributed by atoms with E-state index in [1.807, 2.05) is 48.6 Å². The first-order valence-electron chi connectivity index (χ1n) is 16.8. The molecule has 4 aromatic carbocycles. The molecule has 0 spiro atoms. The molecule has 0 saturated carbocycles. The van der Waals surface area contributed by atoms with Gasteiger partial charge in [-0.25, -0.2) is 9.97 Å². The maximum absolute atomic E-state index is 10.9. The molecule has 5 heterocycles. The molecule has 2 aliphatic heterocycles. The van der Waals surface area contributed by atoms with Crippen molar-refractivity contribution in [2.45, 2.75) is 6.61 Å². The molecule has 3 aromatic heterocycles. The molecular weight excluding hydrogens is 613 g/mol. The SMILES string of the molecule is OCc1c2nc(c(-c3ccccc3)c3ccc([nH]3)c(-c3ccccc3)c3nc(c(-c4ccccc4)c4[nH]c1cc4-c1ccccc1)C=C3)C=C2. The lowest BCUT2D eigenvalue weighted by atomic mass is 9.99. The lowest BCUT2D eigenvalue weighted by Crippen LogP contribution is -1.91. The second kappa shape index (κ2) is 12.5. The molecule has 2 aliphatic rings. The highest BCUT2D eigenvalue weighted by atomic mass is 16.3. The number of aliphatic hydroxyl groups excluding tert-OH is 1. The summed E-state index contributed by atoms with van der Waals surface area (Å²) in [6.07, 6.45) is 8.27. The van der Waals surface area contributed by atoms with Crippen LogP contribution in [-0.2, 0) is 6.61 Å². The summed E-state index contributed by atoms with van der Waals surface area (Å²) in [7, 11) is 0. The molecule has 238 valence electrons. The zero-order valence-electron chi connectivity index (χ0n) is 27.1.